The molecule has 0 radical (unpaired) electrons. The summed E-state index contributed by atoms with van der Waals surface area (Å²) in [7, 11) is 0. The number of aromatic nitrogens is 1. The molecular weight excluding hydrogens is 289 g/mol. The molecule has 2 atom stereocenters. The number of nitrogens with one attached hydrogen (secondary N) is 1. The van der Waals surface area contributed by atoms with Crippen LogP contribution in [0.2, 0.25) is 0 Å². The molecule has 0 bridgehead atoms. The van der Waals surface area contributed by atoms with Crippen LogP contribution in [0.3, 0.4) is 0 Å². The highest BCUT2D eigenvalue weighted by atomic mass is 32.1. The van der Waals surface area contributed by atoms with Crippen molar-refractivity contribution in [1.29, 1.82) is 0 Å². The molecule has 0 saturated heterocycles. The quantitative estimate of drug-likeness (QED) is 0.916. The summed E-state index contributed by atoms with van der Waals surface area (Å²) in [6.07, 6.45) is 2.45. The summed E-state index contributed by atoms with van der Waals surface area (Å²) in [5, 5.41) is 5.18. The van der Waals surface area contributed by atoms with Crippen LogP contribution in [0.25, 0.3) is 11.3 Å². The topological polar surface area (TPSA) is 68.0 Å². The number of anilines is 1. The molecule has 1 saturated carbocycles. The van der Waals surface area contributed by atoms with Crippen molar-refractivity contribution in [2.24, 2.45) is 11.7 Å². The van der Waals surface area contributed by atoms with Gasteiger partial charge in [0.25, 0.3) is 0 Å². The fourth-order valence-corrected chi connectivity index (χ4v) is 3.30. The highest BCUT2D eigenvalue weighted by molar-refractivity contribution is 7.14. The van der Waals surface area contributed by atoms with Crippen LogP contribution in [0.5, 0.6) is 0 Å². The van der Waals surface area contributed by atoms with Crippen molar-refractivity contribution in [2.45, 2.75) is 25.3 Å². The van der Waals surface area contributed by atoms with Crippen molar-refractivity contribution < 1.29 is 9.18 Å². The molecule has 1 aromatic carbocycles. The maximum Gasteiger partial charge on any atom is 0.229 e. The Morgan fingerprint density at radius 3 is 3.00 bits per heavy atom. The van der Waals surface area contributed by atoms with Crippen molar-refractivity contribution in [2.75, 3.05) is 5.32 Å². The second-order valence-corrected chi connectivity index (χ2v) is 6.17. The highest BCUT2D eigenvalue weighted by Gasteiger charge is 2.28. The van der Waals surface area contributed by atoms with E-state index in [-0.39, 0.29) is 23.7 Å². The summed E-state index contributed by atoms with van der Waals surface area (Å²) < 4.78 is 13.2. The minimum Gasteiger partial charge on any atom is -0.328 e. The third-order valence-corrected chi connectivity index (χ3v) is 4.46. The van der Waals surface area contributed by atoms with E-state index < -0.39 is 0 Å². The van der Waals surface area contributed by atoms with Crippen molar-refractivity contribution in [3.05, 3.63) is 35.5 Å². The molecule has 4 nitrogen and oxygen atoms in total. The molecule has 1 amide bonds. The van der Waals surface area contributed by atoms with Crippen LogP contribution < -0.4 is 11.1 Å². The molecule has 1 aliphatic carbocycles. The Kier molecular flexibility index (Phi) is 3.98. The molecule has 3 N–H and O–H groups in total. The van der Waals surface area contributed by atoms with Gasteiger partial charge < -0.3 is 11.1 Å². The van der Waals surface area contributed by atoms with Gasteiger partial charge in [0.2, 0.25) is 5.91 Å². The van der Waals surface area contributed by atoms with E-state index in [0.29, 0.717) is 16.4 Å². The van der Waals surface area contributed by atoms with E-state index in [2.05, 4.69) is 10.3 Å². The number of thiazole rings is 1. The van der Waals surface area contributed by atoms with E-state index in [1.54, 1.807) is 12.1 Å². The average molecular weight is 305 g/mol. The van der Waals surface area contributed by atoms with Crippen LogP contribution in [0.1, 0.15) is 19.3 Å². The molecule has 6 heteroatoms. The molecule has 3 rings (SSSR count). The fraction of sp³-hybridized carbons (Fsp3) is 0.333. The largest absolute Gasteiger partial charge is 0.328 e. The summed E-state index contributed by atoms with van der Waals surface area (Å²) >= 11 is 1.34. The van der Waals surface area contributed by atoms with Gasteiger partial charge in [-0.05, 0) is 31.4 Å². The van der Waals surface area contributed by atoms with Gasteiger partial charge in [0.15, 0.2) is 5.13 Å². The first kappa shape index (κ1) is 14.2. The van der Waals surface area contributed by atoms with E-state index in [4.69, 9.17) is 5.73 Å². The van der Waals surface area contributed by atoms with E-state index in [0.717, 1.165) is 19.3 Å². The maximum absolute atomic E-state index is 13.2. The first-order valence-corrected chi connectivity index (χ1v) is 7.77. The third kappa shape index (κ3) is 3.28. The second-order valence-electron chi connectivity index (χ2n) is 5.31. The predicted molar refractivity (Wildman–Crippen MR) is 81.5 cm³/mol. The smallest absolute Gasteiger partial charge is 0.229 e. The number of hydrogen-bond acceptors (Lipinski definition) is 4. The lowest BCUT2D eigenvalue weighted by molar-refractivity contribution is -0.119. The summed E-state index contributed by atoms with van der Waals surface area (Å²) in [5.74, 6) is -0.351. The molecule has 1 fully saturated rings. The van der Waals surface area contributed by atoms with Crippen LogP contribution in [0.4, 0.5) is 9.52 Å². The SMILES string of the molecule is NC1CCC(C(=O)Nc2nc(-c3cccc(F)c3)cs2)C1. The number of benzene rings is 1. The van der Waals surface area contributed by atoms with Gasteiger partial charge in [-0.15, -0.1) is 11.3 Å². The monoisotopic (exact) mass is 305 g/mol. The van der Waals surface area contributed by atoms with Crippen LogP contribution in [0, 0.1) is 11.7 Å². The number of hydrogen-bond donors (Lipinski definition) is 2. The molecule has 21 heavy (non-hydrogen) atoms. The van der Waals surface area contributed by atoms with Gasteiger partial charge in [-0.1, -0.05) is 12.1 Å². The zero-order valence-electron chi connectivity index (χ0n) is 11.4. The van der Waals surface area contributed by atoms with Crippen LogP contribution in [0.15, 0.2) is 29.6 Å². The van der Waals surface area contributed by atoms with Crippen molar-refractivity contribution in [3.63, 3.8) is 0 Å². The highest BCUT2D eigenvalue weighted by Crippen LogP contribution is 2.28. The molecular formula is C15H16FN3OS. The van der Waals surface area contributed by atoms with Gasteiger partial charge in [0.05, 0.1) is 5.69 Å². The molecule has 2 aromatic rings. The lowest BCUT2D eigenvalue weighted by atomic mass is 10.1. The Labute approximate surface area is 126 Å². The van der Waals surface area contributed by atoms with E-state index in [1.807, 2.05) is 5.38 Å². The lowest BCUT2D eigenvalue weighted by Crippen LogP contribution is -2.23. The molecule has 1 aromatic heterocycles. The van der Waals surface area contributed by atoms with Gasteiger partial charge in [0, 0.05) is 22.9 Å². The summed E-state index contributed by atoms with van der Waals surface area (Å²) in [4.78, 5) is 16.4. The van der Waals surface area contributed by atoms with Crippen molar-refractivity contribution in [3.8, 4) is 11.3 Å². The first-order chi connectivity index (χ1) is 10.1. The van der Waals surface area contributed by atoms with Crippen LogP contribution in [-0.4, -0.2) is 16.9 Å². The van der Waals surface area contributed by atoms with Gasteiger partial charge in [-0.2, -0.15) is 0 Å². The zero-order valence-corrected chi connectivity index (χ0v) is 12.2. The Balaban J connectivity index is 1.69. The average Bonchev–Trinajstić information content (AvgIpc) is 3.08. The number of carbonyl (C=O) groups is 1. The number of nitrogens with zero attached hydrogens (tertiary/aromatic N) is 1. The maximum atomic E-state index is 13.2. The molecule has 0 spiro atoms. The minimum atomic E-state index is -0.300. The number of amides is 1. The zero-order chi connectivity index (χ0) is 14.8. The summed E-state index contributed by atoms with van der Waals surface area (Å²) in [6, 6.07) is 6.38. The normalized spacial score (nSPS) is 21.4. The molecule has 0 aliphatic heterocycles. The standard InChI is InChI=1S/C15H16FN3OS/c16-11-3-1-2-9(6-11)13-8-21-15(18-13)19-14(20)10-4-5-12(17)7-10/h1-3,6,8,10,12H,4-5,7,17H2,(H,18,19,20). The Morgan fingerprint density at radius 2 is 2.29 bits per heavy atom. The fourth-order valence-electron chi connectivity index (χ4n) is 2.57. The van der Waals surface area contributed by atoms with E-state index in [9.17, 15) is 9.18 Å². The lowest BCUT2D eigenvalue weighted by Gasteiger charge is -2.08. The van der Waals surface area contributed by atoms with Crippen LogP contribution >= 0.6 is 11.3 Å². The van der Waals surface area contributed by atoms with Crippen LogP contribution in [-0.2, 0) is 4.79 Å². The van der Waals surface area contributed by atoms with Gasteiger partial charge in [-0.25, -0.2) is 9.37 Å². The van der Waals surface area contributed by atoms with E-state index in [1.165, 1.54) is 23.5 Å². The van der Waals surface area contributed by atoms with Crippen molar-refractivity contribution >= 4 is 22.4 Å². The summed E-state index contributed by atoms with van der Waals surface area (Å²) in [6.45, 7) is 0. The van der Waals surface area contributed by atoms with Crippen molar-refractivity contribution in [1.82, 2.24) is 4.98 Å². The Morgan fingerprint density at radius 1 is 1.43 bits per heavy atom. The molecule has 1 aliphatic rings. The Bertz CT molecular complexity index is 658. The number of nitrogens with two attached hydrogens (primary N) is 1. The minimum absolute atomic E-state index is 0.0249. The molecule has 2 unspecified atom stereocenters. The number of rotatable bonds is 3. The summed E-state index contributed by atoms with van der Waals surface area (Å²) in [5.41, 5.74) is 7.19. The predicted octanol–water partition coefficient (Wildman–Crippen LogP) is 3.02. The van der Waals surface area contributed by atoms with Gasteiger partial charge in [0.1, 0.15) is 5.82 Å². The number of halogens is 1. The van der Waals surface area contributed by atoms with Gasteiger partial charge in [-0.3, -0.25) is 4.79 Å². The third-order valence-electron chi connectivity index (χ3n) is 3.70. The second kappa shape index (κ2) is 5.91. The van der Waals surface area contributed by atoms with Gasteiger partial charge >= 0.3 is 0 Å². The Hall–Kier alpha value is -1.79. The molecule has 110 valence electrons. The molecule has 1 heterocycles. The number of carbonyl (C=O) groups excluding carboxylic acids is 1. The first-order valence-electron chi connectivity index (χ1n) is 6.90. The van der Waals surface area contributed by atoms with E-state index >= 15 is 0 Å².